The Morgan fingerprint density at radius 3 is 2.27 bits per heavy atom. The summed E-state index contributed by atoms with van der Waals surface area (Å²) in [6.07, 6.45) is -4.40. The molecule has 2 rings (SSSR count). The topological polar surface area (TPSA) is 70.2 Å². The Hall–Kier alpha value is -3.03. The second kappa shape index (κ2) is 7.90. The van der Waals surface area contributed by atoms with Crippen molar-refractivity contribution in [3.8, 4) is 0 Å². The molecule has 0 saturated heterocycles. The zero-order valence-electron chi connectivity index (χ0n) is 14.1. The van der Waals surface area contributed by atoms with Crippen LogP contribution in [0.2, 0.25) is 0 Å². The number of hydrogen-bond acceptors (Lipinski definition) is 2. The molecule has 0 fully saturated rings. The summed E-state index contributed by atoms with van der Waals surface area (Å²) >= 11 is 0. The van der Waals surface area contributed by atoms with Gasteiger partial charge in [-0.25, -0.2) is 4.79 Å². The molecule has 26 heavy (non-hydrogen) atoms. The Bertz CT molecular complexity index is 789. The van der Waals surface area contributed by atoms with Gasteiger partial charge in [0.1, 0.15) is 0 Å². The lowest BCUT2D eigenvalue weighted by Gasteiger charge is -2.16. The third kappa shape index (κ3) is 4.98. The van der Waals surface area contributed by atoms with Crippen molar-refractivity contribution in [2.45, 2.75) is 19.1 Å². The third-order valence-corrected chi connectivity index (χ3v) is 3.70. The molecule has 0 aliphatic heterocycles. The smallest absolute Gasteiger partial charge is 0.355 e. The monoisotopic (exact) mass is 365 g/mol. The minimum atomic E-state index is -4.40. The van der Waals surface area contributed by atoms with Crippen LogP contribution >= 0.6 is 0 Å². The maximum atomic E-state index is 12.6. The highest BCUT2D eigenvalue weighted by Gasteiger charge is 2.30. The first-order chi connectivity index (χ1) is 12.2. The number of urea groups is 1. The zero-order chi connectivity index (χ0) is 19.3. The Kier molecular flexibility index (Phi) is 5.86. The van der Waals surface area contributed by atoms with E-state index in [1.54, 1.807) is 25.1 Å². The van der Waals surface area contributed by atoms with E-state index in [4.69, 9.17) is 0 Å². The van der Waals surface area contributed by atoms with E-state index in [0.29, 0.717) is 16.8 Å². The molecule has 3 N–H and O–H groups in total. The number of rotatable bonds is 4. The van der Waals surface area contributed by atoms with Crippen molar-refractivity contribution in [2.24, 2.45) is 0 Å². The number of carbonyl (C=O) groups is 2. The van der Waals surface area contributed by atoms with Gasteiger partial charge in [-0.3, -0.25) is 4.79 Å². The number of amides is 3. The quantitative estimate of drug-likeness (QED) is 0.768. The molecule has 2 aromatic carbocycles. The lowest BCUT2D eigenvalue weighted by atomic mass is 10.1. The Labute approximate surface area is 148 Å². The van der Waals surface area contributed by atoms with Crippen molar-refractivity contribution in [1.82, 2.24) is 10.6 Å². The molecule has 0 aliphatic rings. The Morgan fingerprint density at radius 2 is 1.69 bits per heavy atom. The predicted octanol–water partition coefficient (Wildman–Crippen LogP) is 3.95. The van der Waals surface area contributed by atoms with Crippen LogP contribution in [0.5, 0.6) is 0 Å². The summed E-state index contributed by atoms with van der Waals surface area (Å²) in [5.41, 5.74) is 0.598. The minimum Gasteiger partial charge on any atom is -0.355 e. The molecular weight excluding hydrogens is 347 g/mol. The van der Waals surface area contributed by atoms with Gasteiger partial charge in [-0.1, -0.05) is 18.2 Å². The average Bonchev–Trinajstić information content (AvgIpc) is 2.60. The van der Waals surface area contributed by atoms with Gasteiger partial charge >= 0.3 is 12.2 Å². The molecule has 0 unspecified atom stereocenters. The van der Waals surface area contributed by atoms with Gasteiger partial charge in [0.15, 0.2) is 0 Å². The lowest BCUT2D eigenvalue weighted by Crippen LogP contribution is -2.31. The third-order valence-electron chi connectivity index (χ3n) is 3.70. The van der Waals surface area contributed by atoms with Crippen molar-refractivity contribution in [2.75, 3.05) is 12.4 Å². The summed E-state index contributed by atoms with van der Waals surface area (Å²) in [5.74, 6) is -0.285. The van der Waals surface area contributed by atoms with Crippen LogP contribution in [0.25, 0.3) is 0 Å². The fourth-order valence-corrected chi connectivity index (χ4v) is 2.29. The van der Waals surface area contributed by atoms with Gasteiger partial charge in [-0.15, -0.1) is 0 Å². The highest BCUT2D eigenvalue weighted by Crippen LogP contribution is 2.29. The van der Waals surface area contributed by atoms with Gasteiger partial charge < -0.3 is 16.0 Å². The normalized spacial score (nSPS) is 12.2. The molecule has 0 bridgehead atoms. The molecule has 8 heteroatoms. The van der Waals surface area contributed by atoms with E-state index in [-0.39, 0.29) is 5.91 Å². The van der Waals surface area contributed by atoms with E-state index in [2.05, 4.69) is 16.0 Å². The first-order valence-corrected chi connectivity index (χ1v) is 7.77. The van der Waals surface area contributed by atoms with Crippen molar-refractivity contribution in [3.63, 3.8) is 0 Å². The van der Waals surface area contributed by atoms with Crippen LogP contribution in [-0.4, -0.2) is 19.0 Å². The van der Waals surface area contributed by atoms with E-state index in [1.165, 1.54) is 25.2 Å². The van der Waals surface area contributed by atoms with Crippen LogP contribution in [0.1, 0.15) is 34.5 Å². The molecule has 2 aromatic rings. The highest BCUT2D eigenvalue weighted by atomic mass is 19.4. The molecule has 1 atom stereocenters. The lowest BCUT2D eigenvalue weighted by molar-refractivity contribution is -0.137. The molecular formula is C18H18F3N3O2. The maximum Gasteiger partial charge on any atom is 0.416 e. The summed E-state index contributed by atoms with van der Waals surface area (Å²) < 4.78 is 37.7. The number of halogens is 3. The fraction of sp³-hybridized carbons (Fsp3) is 0.222. The van der Waals surface area contributed by atoms with Gasteiger partial charge in [0.05, 0.1) is 11.6 Å². The van der Waals surface area contributed by atoms with Crippen LogP contribution in [-0.2, 0) is 6.18 Å². The summed E-state index contributed by atoms with van der Waals surface area (Å²) in [7, 11) is 1.50. The standard InChI is InChI=1S/C18H18F3N3O2/c1-11(12-6-8-14(9-7-12)18(19,20)21)23-17(26)24-15-5-3-4-13(10-15)16(25)22-2/h3-11H,1-2H3,(H,22,25)(H2,23,24,26)/t11-/m1/s1. The van der Waals surface area contributed by atoms with Crippen LogP contribution in [0.4, 0.5) is 23.7 Å². The molecule has 0 radical (unpaired) electrons. The molecule has 0 heterocycles. The summed E-state index contributed by atoms with van der Waals surface area (Å²) in [4.78, 5) is 23.7. The largest absolute Gasteiger partial charge is 0.416 e. The van der Waals surface area contributed by atoms with Crippen molar-refractivity contribution < 1.29 is 22.8 Å². The molecule has 0 aliphatic carbocycles. The first kappa shape index (κ1) is 19.3. The van der Waals surface area contributed by atoms with Crippen LogP contribution in [0, 0.1) is 0 Å². The van der Waals surface area contributed by atoms with Crippen molar-refractivity contribution in [3.05, 3.63) is 65.2 Å². The number of benzene rings is 2. The minimum absolute atomic E-state index is 0.285. The van der Waals surface area contributed by atoms with Crippen LogP contribution < -0.4 is 16.0 Å². The number of nitrogens with one attached hydrogen (secondary N) is 3. The van der Waals surface area contributed by atoms with Crippen LogP contribution in [0.15, 0.2) is 48.5 Å². The van der Waals surface area contributed by atoms with Gasteiger partial charge in [0.25, 0.3) is 5.91 Å². The molecule has 0 saturated carbocycles. The average molecular weight is 365 g/mol. The van der Waals surface area contributed by atoms with E-state index in [0.717, 1.165) is 12.1 Å². The summed E-state index contributed by atoms with van der Waals surface area (Å²) in [5, 5.41) is 7.70. The second-order valence-corrected chi connectivity index (χ2v) is 5.60. The van der Waals surface area contributed by atoms with E-state index in [9.17, 15) is 22.8 Å². The maximum absolute atomic E-state index is 12.6. The SMILES string of the molecule is CNC(=O)c1cccc(NC(=O)N[C@H](C)c2ccc(C(F)(F)F)cc2)c1. The van der Waals surface area contributed by atoms with Crippen molar-refractivity contribution in [1.29, 1.82) is 0 Å². The molecule has 0 aromatic heterocycles. The van der Waals surface area contributed by atoms with E-state index < -0.39 is 23.8 Å². The number of anilines is 1. The number of carbonyl (C=O) groups excluding carboxylic acids is 2. The second-order valence-electron chi connectivity index (χ2n) is 5.60. The van der Waals surface area contributed by atoms with Crippen molar-refractivity contribution >= 4 is 17.6 Å². The first-order valence-electron chi connectivity index (χ1n) is 7.77. The zero-order valence-corrected chi connectivity index (χ0v) is 14.1. The predicted molar refractivity (Wildman–Crippen MR) is 91.8 cm³/mol. The number of hydrogen-bond donors (Lipinski definition) is 3. The van der Waals surface area contributed by atoms with Gasteiger partial charge in [0.2, 0.25) is 0 Å². The fourth-order valence-electron chi connectivity index (χ4n) is 2.29. The van der Waals surface area contributed by atoms with E-state index in [1.807, 2.05) is 0 Å². The van der Waals surface area contributed by atoms with E-state index >= 15 is 0 Å². The summed E-state index contributed by atoms with van der Waals surface area (Å²) in [6.45, 7) is 1.66. The number of alkyl halides is 3. The molecule has 0 spiro atoms. The highest BCUT2D eigenvalue weighted by molar-refractivity contribution is 5.96. The molecule has 3 amide bonds. The molecule has 138 valence electrons. The van der Waals surface area contributed by atoms with Gasteiger partial charge in [-0.2, -0.15) is 13.2 Å². The summed E-state index contributed by atoms with van der Waals surface area (Å²) in [6, 6.07) is 9.91. The van der Waals surface area contributed by atoms with Crippen LogP contribution in [0.3, 0.4) is 0 Å². The Balaban J connectivity index is 2.00. The van der Waals surface area contributed by atoms with Gasteiger partial charge in [-0.05, 0) is 42.8 Å². The Morgan fingerprint density at radius 1 is 1.04 bits per heavy atom. The van der Waals surface area contributed by atoms with Gasteiger partial charge in [0, 0.05) is 18.3 Å². The molecule has 5 nitrogen and oxygen atoms in total.